The summed E-state index contributed by atoms with van der Waals surface area (Å²) in [6.07, 6.45) is -7.94. The minimum Gasteiger partial charge on any atom is -0.365 e. The van der Waals surface area contributed by atoms with Gasteiger partial charge in [-0.15, -0.1) is 11.3 Å². The lowest BCUT2D eigenvalue weighted by atomic mass is 10.0. The van der Waals surface area contributed by atoms with E-state index in [1.54, 1.807) is 14.0 Å². The molecule has 0 aromatic carbocycles. The van der Waals surface area contributed by atoms with E-state index in [1.165, 1.54) is 10.9 Å². The van der Waals surface area contributed by atoms with Crippen molar-refractivity contribution in [2.24, 2.45) is 12.8 Å². The third-order valence-corrected chi connectivity index (χ3v) is 6.98. The van der Waals surface area contributed by atoms with Crippen molar-refractivity contribution in [2.45, 2.75) is 39.2 Å². The van der Waals surface area contributed by atoms with Crippen molar-refractivity contribution in [1.82, 2.24) is 24.5 Å². The van der Waals surface area contributed by atoms with Crippen molar-refractivity contribution in [1.29, 1.82) is 0 Å². The van der Waals surface area contributed by atoms with E-state index in [4.69, 9.17) is 5.73 Å². The Morgan fingerprint density at radius 3 is 2.21 bits per heavy atom. The van der Waals surface area contributed by atoms with Gasteiger partial charge in [0.05, 0.1) is 11.9 Å². The maximum absolute atomic E-state index is 13.7. The second kappa shape index (κ2) is 10.1. The number of aromatic nitrogens is 5. The number of nitrogens with zero attached hydrogens (tertiary/aromatic N) is 5. The largest absolute Gasteiger partial charge is 0.365 e. The zero-order chi connectivity index (χ0) is 28.0. The second-order valence-electron chi connectivity index (χ2n) is 8.22. The SMILES string of the molecule is Cc1c(-c2cc(C(F)F)nc3sc(C(N)=O)c(NC(=O)C(C)n4nc(C(F)F)cc4C(F)F)c23)cnn1C. The molecule has 202 valence electrons. The van der Waals surface area contributed by atoms with Gasteiger partial charge in [0.2, 0.25) is 5.91 Å². The van der Waals surface area contributed by atoms with Crippen molar-refractivity contribution in [3.05, 3.63) is 46.0 Å². The first-order valence-electron chi connectivity index (χ1n) is 10.8. The first-order chi connectivity index (χ1) is 17.8. The lowest BCUT2D eigenvalue weighted by Crippen LogP contribution is -2.27. The van der Waals surface area contributed by atoms with Gasteiger partial charge in [0.1, 0.15) is 32.8 Å². The van der Waals surface area contributed by atoms with E-state index in [9.17, 15) is 35.9 Å². The highest BCUT2D eigenvalue weighted by Gasteiger charge is 2.30. The molecule has 4 aromatic rings. The van der Waals surface area contributed by atoms with Gasteiger partial charge < -0.3 is 11.1 Å². The van der Waals surface area contributed by atoms with Crippen LogP contribution in [0, 0.1) is 6.92 Å². The molecule has 9 nitrogen and oxygen atoms in total. The average molecular weight is 559 g/mol. The number of fused-ring (bicyclic) bond motifs is 1. The van der Waals surface area contributed by atoms with E-state index in [0.29, 0.717) is 33.3 Å². The summed E-state index contributed by atoms with van der Waals surface area (Å²) in [5, 5.41) is 10.1. The molecule has 0 bridgehead atoms. The van der Waals surface area contributed by atoms with Gasteiger partial charge in [-0.2, -0.15) is 10.2 Å². The fourth-order valence-electron chi connectivity index (χ4n) is 3.84. The van der Waals surface area contributed by atoms with Gasteiger partial charge >= 0.3 is 0 Å². The fourth-order valence-corrected chi connectivity index (χ4v) is 4.86. The number of hydrogen-bond acceptors (Lipinski definition) is 6. The van der Waals surface area contributed by atoms with Gasteiger partial charge in [-0.1, -0.05) is 0 Å². The van der Waals surface area contributed by atoms with Gasteiger partial charge in [0.25, 0.3) is 25.2 Å². The zero-order valence-electron chi connectivity index (χ0n) is 19.8. The quantitative estimate of drug-likeness (QED) is 0.284. The van der Waals surface area contributed by atoms with Crippen LogP contribution >= 0.6 is 11.3 Å². The summed E-state index contributed by atoms with van der Waals surface area (Å²) in [5.41, 5.74) is 3.96. The lowest BCUT2D eigenvalue weighted by molar-refractivity contribution is -0.119. The Balaban J connectivity index is 1.88. The average Bonchev–Trinajstić information content (AvgIpc) is 3.54. The normalized spacial score (nSPS) is 12.7. The standard InChI is InChI=1S/C22H19F6N7O2S/c1-7-10(6-30-34(7)3)9-4-11(17(23)24)31-22-14(9)15(16(38-22)20(29)36)32-21(37)8(2)35-13(19(27)28)5-12(33-35)18(25)26/h4-6,8,17-19H,1-3H3,(H2,29,36)(H,32,37). The number of nitrogens with one attached hydrogen (secondary N) is 1. The van der Waals surface area contributed by atoms with Crippen molar-refractivity contribution in [3.8, 4) is 11.1 Å². The van der Waals surface area contributed by atoms with Gasteiger partial charge in [-0.05, 0) is 31.5 Å². The minimum atomic E-state index is -3.22. The molecule has 4 heterocycles. The van der Waals surface area contributed by atoms with Gasteiger partial charge in [-0.3, -0.25) is 19.0 Å². The summed E-state index contributed by atoms with van der Waals surface area (Å²) in [6, 6.07) is 0.0387. The van der Waals surface area contributed by atoms with Gasteiger partial charge in [-0.25, -0.2) is 31.3 Å². The van der Waals surface area contributed by atoms with Crippen LogP contribution in [0.5, 0.6) is 0 Å². The number of nitrogens with two attached hydrogens (primary N) is 1. The lowest BCUT2D eigenvalue weighted by Gasteiger charge is -2.16. The van der Waals surface area contributed by atoms with Crippen LogP contribution in [0.25, 0.3) is 21.3 Å². The first kappa shape index (κ1) is 27.1. The molecule has 0 aliphatic heterocycles. The predicted molar refractivity (Wildman–Crippen MR) is 126 cm³/mol. The number of thiophene rings is 1. The monoisotopic (exact) mass is 559 g/mol. The molecule has 0 saturated carbocycles. The number of anilines is 1. The molecule has 0 fully saturated rings. The molecule has 4 aromatic heterocycles. The number of carbonyl (C=O) groups excluding carboxylic acids is 2. The smallest absolute Gasteiger partial charge is 0.282 e. The van der Waals surface area contributed by atoms with Crippen LogP contribution < -0.4 is 11.1 Å². The minimum absolute atomic E-state index is 0.0508. The maximum atomic E-state index is 13.7. The van der Waals surface area contributed by atoms with E-state index < -0.39 is 54.2 Å². The zero-order valence-corrected chi connectivity index (χ0v) is 20.7. The Kier molecular flexibility index (Phi) is 7.18. The van der Waals surface area contributed by atoms with Crippen LogP contribution in [0.1, 0.15) is 64.7 Å². The highest BCUT2D eigenvalue weighted by Crippen LogP contribution is 2.43. The highest BCUT2D eigenvalue weighted by atomic mass is 32.1. The number of primary amides is 1. The number of amides is 2. The Morgan fingerprint density at radius 1 is 1.03 bits per heavy atom. The number of hydrogen-bond donors (Lipinski definition) is 2. The predicted octanol–water partition coefficient (Wildman–Crippen LogP) is 5.31. The first-order valence-corrected chi connectivity index (χ1v) is 11.6. The molecule has 0 aliphatic rings. The van der Waals surface area contributed by atoms with Crippen LogP contribution in [0.2, 0.25) is 0 Å². The maximum Gasteiger partial charge on any atom is 0.282 e. The summed E-state index contributed by atoms with van der Waals surface area (Å²) in [4.78, 5) is 29.0. The van der Waals surface area contributed by atoms with E-state index in [1.807, 2.05) is 0 Å². The molecule has 1 atom stereocenters. The molecule has 2 amide bonds. The Bertz CT molecular complexity index is 1540. The fraction of sp³-hybridized carbons (Fsp3) is 0.318. The molecule has 16 heteroatoms. The number of pyridine rings is 1. The number of carbonyl (C=O) groups is 2. The van der Waals surface area contributed by atoms with E-state index in [0.717, 1.165) is 13.0 Å². The van der Waals surface area contributed by atoms with Crippen LogP contribution in [0.3, 0.4) is 0 Å². The number of alkyl halides is 6. The molecule has 4 rings (SSSR count). The van der Waals surface area contributed by atoms with Crippen LogP contribution in [0.4, 0.5) is 32.0 Å². The van der Waals surface area contributed by atoms with E-state index in [-0.39, 0.29) is 26.3 Å². The Labute approximate surface area is 214 Å². The molecule has 3 N–H and O–H groups in total. The topological polar surface area (TPSA) is 121 Å². The third kappa shape index (κ3) is 4.70. The molecule has 0 aliphatic carbocycles. The van der Waals surface area contributed by atoms with Crippen molar-refractivity contribution < 1.29 is 35.9 Å². The highest BCUT2D eigenvalue weighted by molar-refractivity contribution is 7.21. The Morgan fingerprint density at radius 2 is 1.68 bits per heavy atom. The number of rotatable bonds is 8. The summed E-state index contributed by atoms with van der Waals surface area (Å²) >= 11 is 0.648. The van der Waals surface area contributed by atoms with Gasteiger partial charge in [0, 0.05) is 23.7 Å². The van der Waals surface area contributed by atoms with Gasteiger partial charge in [0.15, 0.2) is 0 Å². The molecular weight excluding hydrogens is 540 g/mol. The molecule has 0 spiro atoms. The Hall–Kier alpha value is -3.95. The van der Waals surface area contributed by atoms with Crippen molar-refractivity contribution >= 4 is 39.1 Å². The van der Waals surface area contributed by atoms with E-state index in [2.05, 4.69) is 20.5 Å². The van der Waals surface area contributed by atoms with Crippen molar-refractivity contribution in [2.75, 3.05) is 5.32 Å². The summed E-state index contributed by atoms with van der Waals surface area (Å²) in [5.74, 6) is -2.03. The molecule has 0 radical (unpaired) electrons. The molecular formula is C22H19F6N7O2S. The van der Waals surface area contributed by atoms with Crippen molar-refractivity contribution in [3.63, 3.8) is 0 Å². The second-order valence-corrected chi connectivity index (χ2v) is 9.22. The number of halogens is 6. The molecule has 38 heavy (non-hydrogen) atoms. The molecule has 0 saturated heterocycles. The summed E-state index contributed by atoms with van der Waals surface area (Å²) in [6.45, 7) is 2.81. The summed E-state index contributed by atoms with van der Waals surface area (Å²) < 4.78 is 82.5. The summed E-state index contributed by atoms with van der Waals surface area (Å²) in [7, 11) is 1.62. The third-order valence-electron chi connectivity index (χ3n) is 5.88. The molecule has 1 unspecified atom stereocenters. The van der Waals surface area contributed by atoms with Crippen LogP contribution in [-0.4, -0.2) is 36.4 Å². The van der Waals surface area contributed by atoms with Crippen LogP contribution in [-0.2, 0) is 11.8 Å². The van der Waals surface area contributed by atoms with Crippen LogP contribution in [0.15, 0.2) is 18.3 Å². The van der Waals surface area contributed by atoms with E-state index >= 15 is 0 Å². The number of aryl methyl sites for hydroxylation is 1.